The maximum absolute atomic E-state index is 13.0. The number of methoxy groups -OCH3 is 2. The molecule has 2 aromatic rings. The minimum Gasteiger partial charge on any atom is -0.493 e. The maximum Gasteiger partial charge on any atom is 0.256 e. The van der Waals surface area contributed by atoms with Gasteiger partial charge in [0.1, 0.15) is 11.2 Å². The predicted octanol–water partition coefficient (Wildman–Crippen LogP) is 4.77. The van der Waals surface area contributed by atoms with Gasteiger partial charge < -0.3 is 20.1 Å². The zero-order chi connectivity index (χ0) is 20.1. The van der Waals surface area contributed by atoms with E-state index in [-0.39, 0.29) is 17.5 Å². The summed E-state index contributed by atoms with van der Waals surface area (Å²) in [5, 5.41) is 7.62. The van der Waals surface area contributed by atoms with Crippen LogP contribution in [-0.2, 0) is 12.8 Å². The molecule has 0 saturated heterocycles. The normalized spacial score (nSPS) is 21.2. The Morgan fingerprint density at radius 2 is 1.93 bits per heavy atom. The van der Waals surface area contributed by atoms with E-state index in [0.29, 0.717) is 17.4 Å². The molecule has 1 aromatic heterocycles. The fraction of sp³-hybridized carbons (Fsp3) is 0.500. The number of fused-ring (bicyclic) bond motifs is 3. The Morgan fingerprint density at radius 3 is 2.61 bits per heavy atom. The molecule has 6 heteroatoms. The van der Waals surface area contributed by atoms with Crippen molar-refractivity contribution in [3.63, 3.8) is 0 Å². The fourth-order valence-electron chi connectivity index (χ4n) is 4.33. The van der Waals surface area contributed by atoms with Crippen LogP contribution in [0, 0.1) is 11.3 Å². The number of hydrogen-bond acceptors (Lipinski definition) is 5. The molecular weight excluding hydrogens is 372 g/mol. The van der Waals surface area contributed by atoms with E-state index in [1.807, 2.05) is 18.2 Å². The van der Waals surface area contributed by atoms with Gasteiger partial charge in [0, 0.05) is 10.4 Å². The van der Waals surface area contributed by atoms with Crippen molar-refractivity contribution in [3.05, 3.63) is 39.8 Å². The Bertz CT molecular complexity index is 913. The van der Waals surface area contributed by atoms with Crippen LogP contribution in [0.1, 0.15) is 59.7 Å². The molecule has 0 radical (unpaired) electrons. The zero-order valence-corrected chi connectivity index (χ0v) is 18.0. The molecule has 0 saturated carbocycles. The molecule has 0 bridgehead atoms. The summed E-state index contributed by atoms with van der Waals surface area (Å²) < 4.78 is 11.0. The van der Waals surface area contributed by atoms with Gasteiger partial charge in [0.05, 0.1) is 19.8 Å². The number of thiophene rings is 1. The number of para-hydroxylation sites is 1. The van der Waals surface area contributed by atoms with Crippen molar-refractivity contribution >= 4 is 22.2 Å². The third-order valence-corrected chi connectivity index (χ3v) is 7.20. The van der Waals surface area contributed by atoms with Crippen LogP contribution < -0.4 is 20.1 Å². The lowest BCUT2D eigenvalue weighted by Gasteiger charge is -2.34. The number of carbonyl (C=O) groups excluding carboxylic acids is 1. The first kappa shape index (κ1) is 19.1. The van der Waals surface area contributed by atoms with Crippen LogP contribution >= 0.6 is 11.3 Å². The highest BCUT2D eigenvalue weighted by Gasteiger charge is 2.37. The van der Waals surface area contributed by atoms with Gasteiger partial charge in [-0.2, -0.15) is 0 Å². The molecule has 4 rings (SSSR count). The lowest BCUT2D eigenvalue weighted by atomic mass is 9.72. The van der Waals surface area contributed by atoms with Crippen LogP contribution in [0.25, 0.3) is 0 Å². The highest BCUT2D eigenvalue weighted by atomic mass is 32.1. The Labute approximate surface area is 170 Å². The number of benzene rings is 1. The summed E-state index contributed by atoms with van der Waals surface area (Å²) in [6.07, 6.45) is 2.83. The van der Waals surface area contributed by atoms with E-state index in [0.717, 1.165) is 35.4 Å². The average molecular weight is 401 g/mol. The van der Waals surface area contributed by atoms with Crippen LogP contribution in [0.4, 0.5) is 5.00 Å². The predicted molar refractivity (Wildman–Crippen MR) is 113 cm³/mol. The minimum absolute atomic E-state index is 0.00432. The molecule has 0 spiro atoms. The van der Waals surface area contributed by atoms with Crippen molar-refractivity contribution in [2.45, 2.75) is 46.2 Å². The summed E-state index contributed by atoms with van der Waals surface area (Å²) in [4.78, 5) is 14.4. The quantitative estimate of drug-likeness (QED) is 0.779. The van der Waals surface area contributed by atoms with Gasteiger partial charge in [0.2, 0.25) is 0 Å². The molecule has 2 N–H and O–H groups in total. The first-order valence-electron chi connectivity index (χ1n) is 9.76. The van der Waals surface area contributed by atoms with Gasteiger partial charge in [-0.15, -0.1) is 11.3 Å². The van der Waals surface area contributed by atoms with Crippen LogP contribution in [-0.4, -0.2) is 20.1 Å². The van der Waals surface area contributed by atoms with E-state index in [9.17, 15) is 4.79 Å². The molecule has 1 aromatic carbocycles. The highest BCUT2D eigenvalue weighted by molar-refractivity contribution is 7.16. The van der Waals surface area contributed by atoms with Gasteiger partial charge >= 0.3 is 0 Å². The van der Waals surface area contributed by atoms with Crippen LogP contribution in [0.3, 0.4) is 0 Å². The number of amides is 1. The van der Waals surface area contributed by atoms with Crippen molar-refractivity contribution in [2.24, 2.45) is 11.3 Å². The number of ether oxygens (including phenoxy) is 2. The van der Waals surface area contributed by atoms with E-state index in [2.05, 4.69) is 31.4 Å². The van der Waals surface area contributed by atoms with Crippen LogP contribution in [0.5, 0.6) is 11.5 Å². The third kappa shape index (κ3) is 3.13. The van der Waals surface area contributed by atoms with Crippen molar-refractivity contribution in [1.82, 2.24) is 5.32 Å². The summed E-state index contributed by atoms with van der Waals surface area (Å²) in [5.74, 6) is 1.94. The van der Waals surface area contributed by atoms with Gasteiger partial charge in [-0.05, 0) is 42.2 Å². The molecule has 2 aliphatic rings. The molecule has 1 amide bonds. The summed E-state index contributed by atoms with van der Waals surface area (Å²) in [5.41, 5.74) is 3.22. The second-order valence-corrected chi connectivity index (χ2v) is 9.75. The monoisotopic (exact) mass is 400 g/mol. The van der Waals surface area contributed by atoms with E-state index in [1.165, 1.54) is 10.4 Å². The Morgan fingerprint density at radius 1 is 1.14 bits per heavy atom. The van der Waals surface area contributed by atoms with E-state index in [1.54, 1.807) is 25.6 Å². The zero-order valence-electron chi connectivity index (χ0n) is 17.1. The van der Waals surface area contributed by atoms with Crippen LogP contribution in [0.2, 0.25) is 0 Å². The molecule has 1 aliphatic heterocycles. The molecule has 0 fully saturated rings. The van der Waals surface area contributed by atoms with Gasteiger partial charge in [-0.1, -0.05) is 32.9 Å². The second-order valence-electron chi connectivity index (χ2n) is 8.65. The van der Waals surface area contributed by atoms with Gasteiger partial charge in [-0.3, -0.25) is 4.79 Å². The number of nitrogens with one attached hydrogen (secondary N) is 2. The summed E-state index contributed by atoms with van der Waals surface area (Å²) in [6, 6.07) is 5.72. The second kappa shape index (κ2) is 6.99. The first-order chi connectivity index (χ1) is 13.3. The van der Waals surface area contributed by atoms with Gasteiger partial charge in [0.15, 0.2) is 11.5 Å². The molecule has 5 nitrogen and oxygen atoms in total. The van der Waals surface area contributed by atoms with Crippen molar-refractivity contribution < 1.29 is 14.3 Å². The molecule has 150 valence electrons. The average Bonchev–Trinajstić information content (AvgIpc) is 3.04. The van der Waals surface area contributed by atoms with Gasteiger partial charge in [0.25, 0.3) is 5.91 Å². The van der Waals surface area contributed by atoms with Crippen LogP contribution in [0.15, 0.2) is 18.2 Å². The molecule has 2 atom stereocenters. The minimum atomic E-state index is -0.344. The Balaban J connectivity index is 1.68. The summed E-state index contributed by atoms with van der Waals surface area (Å²) in [6.45, 7) is 6.94. The van der Waals surface area contributed by atoms with E-state index < -0.39 is 0 Å². The number of hydrogen-bond donors (Lipinski definition) is 2. The standard InChI is InChI=1S/C22H28N2O3S/c1-22(2,3)12-9-10-13-16(11-12)28-21-17(13)20(25)23-19(24-21)14-7-6-8-15(26-4)18(14)27-5/h6-8,12,19,24H,9-11H2,1-5H3,(H,23,25)/t12-,19+/m1/s1. The van der Waals surface area contributed by atoms with Crippen molar-refractivity contribution in [3.8, 4) is 11.5 Å². The Kier molecular flexibility index (Phi) is 4.78. The molecule has 2 heterocycles. The van der Waals surface area contributed by atoms with Crippen molar-refractivity contribution in [2.75, 3.05) is 19.5 Å². The fourth-order valence-corrected chi connectivity index (χ4v) is 5.69. The number of rotatable bonds is 3. The summed E-state index contributed by atoms with van der Waals surface area (Å²) in [7, 11) is 3.24. The van der Waals surface area contributed by atoms with E-state index in [4.69, 9.17) is 9.47 Å². The third-order valence-electron chi connectivity index (χ3n) is 6.01. The van der Waals surface area contributed by atoms with Crippen molar-refractivity contribution in [1.29, 1.82) is 0 Å². The smallest absolute Gasteiger partial charge is 0.256 e. The summed E-state index contributed by atoms with van der Waals surface area (Å²) >= 11 is 1.74. The molecule has 28 heavy (non-hydrogen) atoms. The topological polar surface area (TPSA) is 59.6 Å². The Hall–Kier alpha value is -2.21. The lowest BCUT2D eigenvalue weighted by molar-refractivity contribution is 0.0934. The SMILES string of the molecule is COc1cccc([C@H]2NC(=O)c3c(sc4c3CC[C@@H](C(C)(C)C)C4)N2)c1OC. The maximum atomic E-state index is 13.0. The molecule has 1 aliphatic carbocycles. The first-order valence-corrected chi connectivity index (χ1v) is 10.6. The van der Waals surface area contributed by atoms with Gasteiger partial charge in [-0.25, -0.2) is 0 Å². The number of anilines is 1. The highest BCUT2D eigenvalue weighted by Crippen LogP contribution is 2.47. The molecular formula is C22H28N2O3S. The molecule has 0 unspecified atom stereocenters. The largest absolute Gasteiger partial charge is 0.493 e. The van der Waals surface area contributed by atoms with E-state index >= 15 is 0 Å². The number of carbonyl (C=O) groups is 1. The lowest BCUT2D eigenvalue weighted by Crippen LogP contribution is -2.38.